The molecule has 3 aromatic rings. The molecule has 0 aliphatic carbocycles. The van der Waals surface area contributed by atoms with Crippen LogP contribution in [0.25, 0.3) is 44.4 Å². The first-order chi connectivity index (χ1) is 19.5. The van der Waals surface area contributed by atoms with Crippen LogP contribution in [0.1, 0.15) is 126 Å². The van der Waals surface area contributed by atoms with Crippen LogP contribution in [-0.4, -0.2) is 19.9 Å². The quantitative estimate of drug-likeness (QED) is 0.359. The molecule has 232 valence electrons. The summed E-state index contributed by atoms with van der Waals surface area (Å²) in [4.78, 5) is 18.2. The maximum Gasteiger partial charge on any atom is 2.00 e. The van der Waals surface area contributed by atoms with E-state index in [2.05, 4.69) is 89.6 Å². The standard InChI is InChI=1S/C36H46N4.2ClH.Fe/c1-9-21-22(10-2)30-18-32-25(13-5)26(14-6)34(39-32)20-36-28(16-8)27(15-7)35(40-36)19-33-24(12-4)23(11-3)31(38-33)17-29(21)37-30;;;/h17-20,37-38H,9-16H2,1-8H3;2*1H;/q;;;+2/p-2. The summed E-state index contributed by atoms with van der Waals surface area (Å²) >= 11 is 0. The van der Waals surface area contributed by atoms with Crippen LogP contribution in [0, 0.1) is 0 Å². The average molecular weight is 662 g/mol. The topological polar surface area (TPSA) is 57.4 Å². The number of fused-ring (bicyclic) bond motifs is 8. The minimum atomic E-state index is 0. The Balaban J connectivity index is 0.00000215. The van der Waals surface area contributed by atoms with E-state index in [0.29, 0.717) is 0 Å². The van der Waals surface area contributed by atoms with Crippen LogP contribution in [0.5, 0.6) is 0 Å². The van der Waals surface area contributed by atoms with Gasteiger partial charge < -0.3 is 34.8 Å². The van der Waals surface area contributed by atoms with Gasteiger partial charge in [-0.3, -0.25) is 0 Å². The third kappa shape index (κ3) is 6.43. The molecule has 8 bridgehead atoms. The van der Waals surface area contributed by atoms with E-state index < -0.39 is 0 Å². The summed E-state index contributed by atoms with van der Waals surface area (Å²) in [5, 5.41) is 0. The molecule has 0 spiro atoms. The van der Waals surface area contributed by atoms with Crippen molar-refractivity contribution in [3.63, 3.8) is 0 Å². The number of halogens is 2. The van der Waals surface area contributed by atoms with Crippen molar-refractivity contribution in [1.82, 2.24) is 19.9 Å². The fourth-order valence-electron chi connectivity index (χ4n) is 7.10. The van der Waals surface area contributed by atoms with Gasteiger partial charge in [0.2, 0.25) is 0 Å². The second kappa shape index (κ2) is 15.6. The predicted octanol–water partition coefficient (Wildman–Crippen LogP) is 4.03. The summed E-state index contributed by atoms with van der Waals surface area (Å²) in [5.41, 5.74) is 20.2. The largest absolute Gasteiger partial charge is 2.00 e. The van der Waals surface area contributed by atoms with Crippen molar-refractivity contribution in [2.75, 3.05) is 0 Å². The number of aromatic amines is 2. The van der Waals surface area contributed by atoms with E-state index >= 15 is 0 Å². The smallest absolute Gasteiger partial charge is 1.00 e. The summed E-state index contributed by atoms with van der Waals surface area (Å²) in [6.45, 7) is 18.1. The fourth-order valence-corrected chi connectivity index (χ4v) is 7.10. The number of aromatic nitrogens is 4. The molecule has 0 amide bonds. The van der Waals surface area contributed by atoms with Crippen molar-refractivity contribution in [3.05, 3.63) is 69.3 Å². The Morgan fingerprint density at radius 2 is 0.651 bits per heavy atom. The van der Waals surface area contributed by atoms with Crippen LogP contribution in [0.4, 0.5) is 0 Å². The average Bonchev–Trinajstić information content (AvgIpc) is 3.67. The van der Waals surface area contributed by atoms with E-state index in [1.54, 1.807) is 0 Å². The van der Waals surface area contributed by atoms with Gasteiger partial charge in [0.25, 0.3) is 0 Å². The Hall–Kier alpha value is -2.30. The van der Waals surface area contributed by atoms with Gasteiger partial charge in [-0.15, -0.1) is 0 Å². The molecule has 0 saturated carbocycles. The molecule has 2 aliphatic heterocycles. The molecule has 2 aliphatic rings. The molecule has 2 N–H and O–H groups in total. The summed E-state index contributed by atoms with van der Waals surface area (Å²) in [6, 6.07) is 9.24. The Bertz CT molecular complexity index is 1570. The number of allylic oxidation sites excluding steroid dienone is 4. The van der Waals surface area contributed by atoms with Crippen molar-refractivity contribution in [3.8, 4) is 0 Å². The van der Waals surface area contributed by atoms with Gasteiger partial charge in [0.15, 0.2) is 0 Å². The molecular formula is C36H46Cl2FeN4. The van der Waals surface area contributed by atoms with E-state index in [4.69, 9.17) is 9.97 Å². The van der Waals surface area contributed by atoms with Gasteiger partial charge >= 0.3 is 17.1 Å². The summed E-state index contributed by atoms with van der Waals surface area (Å²) in [6.07, 6.45) is 7.84. The molecular weight excluding hydrogens is 615 g/mol. The molecule has 0 radical (unpaired) electrons. The van der Waals surface area contributed by atoms with Gasteiger partial charge in [0, 0.05) is 22.1 Å². The third-order valence-electron chi connectivity index (χ3n) is 8.97. The van der Waals surface area contributed by atoms with Gasteiger partial charge in [0.1, 0.15) is 0 Å². The van der Waals surface area contributed by atoms with Crippen LogP contribution in [0.3, 0.4) is 0 Å². The number of rotatable bonds is 8. The molecule has 5 heterocycles. The molecule has 7 heteroatoms. The molecule has 0 aromatic carbocycles. The van der Waals surface area contributed by atoms with Crippen molar-refractivity contribution >= 4 is 44.4 Å². The Kier molecular flexibility index (Phi) is 13.4. The minimum Gasteiger partial charge on any atom is -1.00 e. The van der Waals surface area contributed by atoms with E-state index in [-0.39, 0.29) is 41.9 Å². The SMILES string of the molecule is CCC1=C(CC)c2cc3[nH]c(cc4[nH]c(cc5nc(cc1n2)C(CC)=C5CC)c(CC)c4CC)c(CC)c3CC.[Cl-].[Cl-].[Fe+2]. The normalized spacial score (nSPS) is 12.7. The van der Waals surface area contributed by atoms with Gasteiger partial charge in [0.05, 0.1) is 22.8 Å². The molecule has 0 fully saturated rings. The Morgan fingerprint density at radius 1 is 0.395 bits per heavy atom. The van der Waals surface area contributed by atoms with Crippen molar-refractivity contribution in [1.29, 1.82) is 0 Å². The van der Waals surface area contributed by atoms with Crippen LogP contribution < -0.4 is 24.8 Å². The molecule has 4 nitrogen and oxygen atoms in total. The molecule has 5 rings (SSSR count). The van der Waals surface area contributed by atoms with E-state index in [0.717, 1.165) is 74.1 Å². The van der Waals surface area contributed by atoms with Crippen LogP contribution in [-0.2, 0) is 42.8 Å². The zero-order valence-corrected chi connectivity index (χ0v) is 29.6. The van der Waals surface area contributed by atoms with Gasteiger partial charge in [-0.1, -0.05) is 55.4 Å². The van der Waals surface area contributed by atoms with Gasteiger partial charge in [-0.2, -0.15) is 0 Å². The molecule has 0 saturated heterocycles. The van der Waals surface area contributed by atoms with Gasteiger partial charge in [-0.05, 0) is 120 Å². The summed E-state index contributed by atoms with van der Waals surface area (Å²) in [7, 11) is 0. The Labute approximate surface area is 281 Å². The van der Waals surface area contributed by atoms with Gasteiger partial charge in [-0.25, -0.2) is 9.97 Å². The predicted molar refractivity (Wildman–Crippen MR) is 173 cm³/mol. The zero-order valence-electron chi connectivity index (χ0n) is 27.0. The first kappa shape index (κ1) is 36.9. The zero-order chi connectivity index (χ0) is 28.6. The van der Waals surface area contributed by atoms with E-state index in [1.165, 1.54) is 66.6 Å². The molecule has 0 atom stereocenters. The fraction of sp³-hybridized carbons (Fsp3) is 0.444. The number of aryl methyl sites for hydroxylation is 4. The maximum atomic E-state index is 5.28. The third-order valence-corrected chi connectivity index (χ3v) is 8.97. The molecule has 43 heavy (non-hydrogen) atoms. The molecule has 0 unspecified atom stereocenters. The number of nitrogens with one attached hydrogen (secondary N) is 2. The second-order valence-electron chi connectivity index (χ2n) is 10.9. The first-order valence-electron chi connectivity index (χ1n) is 15.7. The number of H-pyrrole nitrogens is 2. The van der Waals surface area contributed by atoms with Crippen molar-refractivity contribution < 1.29 is 41.9 Å². The minimum absolute atomic E-state index is 0. The van der Waals surface area contributed by atoms with E-state index in [9.17, 15) is 0 Å². The van der Waals surface area contributed by atoms with E-state index in [1.807, 2.05) is 0 Å². The first-order valence-corrected chi connectivity index (χ1v) is 15.7. The monoisotopic (exact) mass is 660 g/mol. The number of hydrogen-bond acceptors (Lipinski definition) is 2. The maximum absolute atomic E-state index is 5.28. The van der Waals surface area contributed by atoms with Crippen LogP contribution in [0.15, 0.2) is 24.3 Å². The number of hydrogen-bond donors (Lipinski definition) is 2. The summed E-state index contributed by atoms with van der Waals surface area (Å²) < 4.78 is 0. The molecule has 3 aromatic heterocycles. The Morgan fingerprint density at radius 3 is 0.907 bits per heavy atom. The second-order valence-corrected chi connectivity index (χ2v) is 10.9. The van der Waals surface area contributed by atoms with Crippen molar-refractivity contribution in [2.45, 2.75) is 107 Å². The van der Waals surface area contributed by atoms with Crippen LogP contribution in [0.2, 0.25) is 0 Å². The number of nitrogens with zero attached hydrogens (tertiary/aromatic N) is 2. The van der Waals surface area contributed by atoms with Crippen LogP contribution >= 0.6 is 0 Å². The summed E-state index contributed by atoms with van der Waals surface area (Å²) in [5.74, 6) is 0. The van der Waals surface area contributed by atoms with Crippen molar-refractivity contribution in [2.24, 2.45) is 0 Å².